The first-order valence-electron chi connectivity index (χ1n) is 10.7. The van der Waals surface area contributed by atoms with E-state index < -0.39 is 5.41 Å². The van der Waals surface area contributed by atoms with Gasteiger partial charge in [-0.05, 0) is 62.6 Å². The molecule has 3 heterocycles. The van der Waals surface area contributed by atoms with Gasteiger partial charge in [-0.15, -0.1) is 0 Å². The number of likely N-dealkylation sites (tertiary alicyclic amines) is 1. The first-order valence-corrected chi connectivity index (χ1v) is 11.1. The maximum atomic E-state index is 13.2. The molecule has 0 aliphatic carbocycles. The maximum Gasteiger partial charge on any atom is 0.242 e. The van der Waals surface area contributed by atoms with Gasteiger partial charge in [0, 0.05) is 29.7 Å². The summed E-state index contributed by atoms with van der Waals surface area (Å²) in [4.78, 5) is 37.9. The van der Waals surface area contributed by atoms with Crippen LogP contribution in [0.4, 0.5) is 5.69 Å². The van der Waals surface area contributed by atoms with E-state index in [-0.39, 0.29) is 24.3 Å². The number of benzene rings is 2. The van der Waals surface area contributed by atoms with Gasteiger partial charge >= 0.3 is 0 Å². The maximum absolute atomic E-state index is 13.2. The van der Waals surface area contributed by atoms with Crippen molar-refractivity contribution in [3.8, 4) is 0 Å². The lowest BCUT2D eigenvalue weighted by Crippen LogP contribution is -2.47. The van der Waals surface area contributed by atoms with Crippen LogP contribution in [0, 0.1) is 0 Å². The summed E-state index contributed by atoms with van der Waals surface area (Å²) in [6.45, 7) is 5.12. The number of nitrogens with one attached hydrogen (secondary N) is 1. The Kier molecular flexibility index (Phi) is 4.77. The monoisotopic (exact) mass is 436 g/mol. The molecule has 1 fully saturated rings. The average molecular weight is 437 g/mol. The van der Waals surface area contributed by atoms with Crippen LogP contribution in [-0.4, -0.2) is 46.3 Å². The molecule has 2 amide bonds. The molecule has 160 valence electrons. The summed E-state index contributed by atoms with van der Waals surface area (Å²) >= 11 is 6.16. The number of anilines is 1. The second-order valence-corrected chi connectivity index (χ2v) is 9.43. The largest absolute Gasteiger partial charge is 0.342 e. The van der Waals surface area contributed by atoms with E-state index in [1.54, 1.807) is 11.0 Å². The minimum absolute atomic E-state index is 0.0345. The number of carbonyl (C=O) groups excluding carboxylic acids is 2. The second-order valence-electron chi connectivity index (χ2n) is 9.00. The first-order chi connectivity index (χ1) is 14.8. The van der Waals surface area contributed by atoms with E-state index in [2.05, 4.69) is 4.98 Å². The van der Waals surface area contributed by atoms with E-state index in [1.165, 1.54) is 0 Å². The minimum Gasteiger partial charge on any atom is -0.342 e. The van der Waals surface area contributed by atoms with Crippen LogP contribution in [0.5, 0.6) is 0 Å². The van der Waals surface area contributed by atoms with Gasteiger partial charge in [0.2, 0.25) is 11.8 Å². The minimum atomic E-state index is -0.695. The number of halogens is 1. The third-order valence-corrected chi connectivity index (χ3v) is 6.80. The molecular formula is C24H25ClN4O2. The molecule has 3 aromatic rings. The van der Waals surface area contributed by atoms with Crippen LogP contribution in [0.15, 0.2) is 42.5 Å². The molecule has 5 rings (SSSR count). The summed E-state index contributed by atoms with van der Waals surface area (Å²) < 4.78 is 0. The van der Waals surface area contributed by atoms with Gasteiger partial charge in [0.1, 0.15) is 12.4 Å². The number of hydrogen-bond donors (Lipinski definition) is 1. The van der Waals surface area contributed by atoms with E-state index >= 15 is 0 Å². The standard InChI is InChI=1S/C24H25ClN4O2/c1-24(2)17-12-16(25)9-10-20(17)29(23(24)31)14-21(30)28-11-5-6-15(13-28)22-26-18-7-3-4-8-19(18)27-22/h3-4,7-10,12,15H,5-6,11,13-14H2,1-2H3,(H,26,27). The highest BCUT2D eigenvalue weighted by molar-refractivity contribution is 6.31. The predicted molar refractivity (Wildman–Crippen MR) is 121 cm³/mol. The average Bonchev–Trinajstić information content (AvgIpc) is 3.28. The van der Waals surface area contributed by atoms with Crippen molar-refractivity contribution in [1.82, 2.24) is 14.9 Å². The normalized spacial score (nSPS) is 20.4. The van der Waals surface area contributed by atoms with E-state index in [4.69, 9.17) is 16.6 Å². The van der Waals surface area contributed by atoms with Crippen LogP contribution in [0.3, 0.4) is 0 Å². The number of rotatable bonds is 3. The molecule has 1 saturated heterocycles. The molecule has 1 unspecified atom stereocenters. The Morgan fingerprint density at radius 2 is 2.06 bits per heavy atom. The van der Waals surface area contributed by atoms with Crippen molar-refractivity contribution >= 4 is 40.1 Å². The van der Waals surface area contributed by atoms with Crippen molar-refractivity contribution in [2.24, 2.45) is 0 Å². The Labute approximate surface area is 186 Å². The number of imidazole rings is 1. The van der Waals surface area contributed by atoms with Crippen molar-refractivity contribution in [2.75, 3.05) is 24.5 Å². The fourth-order valence-electron chi connectivity index (χ4n) is 4.79. The van der Waals surface area contributed by atoms with Gasteiger partial charge in [0.25, 0.3) is 0 Å². The summed E-state index contributed by atoms with van der Waals surface area (Å²) in [6, 6.07) is 13.4. The zero-order valence-electron chi connectivity index (χ0n) is 17.7. The number of amides is 2. The zero-order chi connectivity index (χ0) is 21.8. The Morgan fingerprint density at radius 3 is 2.87 bits per heavy atom. The molecule has 0 radical (unpaired) electrons. The molecule has 0 bridgehead atoms. The van der Waals surface area contributed by atoms with E-state index in [0.29, 0.717) is 18.1 Å². The lowest BCUT2D eigenvalue weighted by atomic mass is 9.86. The number of carbonyl (C=O) groups is 2. The second kappa shape index (κ2) is 7.38. The van der Waals surface area contributed by atoms with E-state index in [1.807, 2.05) is 55.1 Å². The fourth-order valence-corrected chi connectivity index (χ4v) is 4.96. The van der Waals surface area contributed by atoms with Crippen molar-refractivity contribution in [3.05, 3.63) is 58.9 Å². The number of nitrogens with zero attached hydrogens (tertiary/aromatic N) is 3. The third-order valence-electron chi connectivity index (χ3n) is 6.56. The van der Waals surface area contributed by atoms with Gasteiger partial charge in [-0.2, -0.15) is 0 Å². The van der Waals surface area contributed by atoms with Gasteiger partial charge in [0.15, 0.2) is 0 Å². The van der Waals surface area contributed by atoms with E-state index in [0.717, 1.165) is 41.0 Å². The first kappa shape index (κ1) is 20.1. The van der Waals surface area contributed by atoms with Crippen LogP contribution in [0.1, 0.15) is 44.0 Å². The molecule has 31 heavy (non-hydrogen) atoms. The van der Waals surface area contributed by atoms with Gasteiger partial charge in [-0.1, -0.05) is 23.7 Å². The van der Waals surface area contributed by atoms with Crippen LogP contribution in [-0.2, 0) is 15.0 Å². The molecule has 1 N–H and O–H groups in total. The topological polar surface area (TPSA) is 69.3 Å². The number of aromatic nitrogens is 2. The molecule has 0 saturated carbocycles. The molecule has 2 aromatic carbocycles. The fraction of sp³-hybridized carbons (Fsp3) is 0.375. The molecule has 6 nitrogen and oxygen atoms in total. The molecule has 0 spiro atoms. The summed E-state index contributed by atoms with van der Waals surface area (Å²) in [5.41, 5.74) is 2.91. The lowest BCUT2D eigenvalue weighted by Gasteiger charge is -2.33. The van der Waals surface area contributed by atoms with Crippen molar-refractivity contribution < 1.29 is 9.59 Å². The highest BCUT2D eigenvalue weighted by Gasteiger charge is 2.45. The number of para-hydroxylation sites is 2. The Bertz CT molecular complexity index is 1150. The van der Waals surface area contributed by atoms with E-state index in [9.17, 15) is 9.59 Å². The Hall–Kier alpha value is -2.86. The van der Waals surface area contributed by atoms with Crippen molar-refractivity contribution in [3.63, 3.8) is 0 Å². The van der Waals surface area contributed by atoms with Crippen molar-refractivity contribution in [1.29, 1.82) is 0 Å². The summed E-state index contributed by atoms with van der Waals surface area (Å²) in [6.07, 6.45) is 1.90. The van der Waals surface area contributed by atoms with Gasteiger partial charge < -0.3 is 14.8 Å². The quantitative estimate of drug-likeness (QED) is 0.667. The highest BCUT2D eigenvalue weighted by Crippen LogP contribution is 2.42. The molecular weight excluding hydrogens is 412 g/mol. The predicted octanol–water partition coefficient (Wildman–Crippen LogP) is 4.25. The van der Waals surface area contributed by atoms with Crippen LogP contribution in [0.25, 0.3) is 11.0 Å². The smallest absolute Gasteiger partial charge is 0.242 e. The molecule has 2 aliphatic heterocycles. The highest BCUT2D eigenvalue weighted by atomic mass is 35.5. The number of piperidine rings is 1. The zero-order valence-corrected chi connectivity index (χ0v) is 18.4. The summed E-state index contributed by atoms with van der Waals surface area (Å²) in [5, 5.41) is 0.595. The van der Waals surface area contributed by atoms with Crippen LogP contribution in [0.2, 0.25) is 5.02 Å². The van der Waals surface area contributed by atoms with Crippen molar-refractivity contribution in [2.45, 2.75) is 38.0 Å². The SMILES string of the molecule is CC1(C)C(=O)N(CC(=O)N2CCCC(c3nc4ccccc4[nH]3)C2)c2ccc(Cl)cc21. The molecule has 7 heteroatoms. The van der Waals surface area contributed by atoms with Crippen LogP contribution < -0.4 is 4.90 Å². The molecule has 1 atom stereocenters. The summed E-state index contributed by atoms with van der Waals surface area (Å²) in [5.74, 6) is 0.996. The number of aromatic amines is 1. The molecule has 2 aliphatic rings. The number of fused-ring (bicyclic) bond motifs is 2. The van der Waals surface area contributed by atoms with Crippen LogP contribution >= 0.6 is 11.6 Å². The van der Waals surface area contributed by atoms with Gasteiger partial charge in [-0.25, -0.2) is 4.98 Å². The lowest BCUT2D eigenvalue weighted by molar-refractivity contribution is -0.133. The Morgan fingerprint density at radius 1 is 1.26 bits per heavy atom. The Balaban J connectivity index is 1.34. The molecule has 1 aromatic heterocycles. The summed E-state index contributed by atoms with van der Waals surface area (Å²) in [7, 11) is 0. The third kappa shape index (κ3) is 3.39. The number of H-pyrrole nitrogens is 1. The van der Waals surface area contributed by atoms with Gasteiger partial charge in [-0.3, -0.25) is 9.59 Å². The van der Waals surface area contributed by atoms with Gasteiger partial charge in [0.05, 0.1) is 16.4 Å². The number of hydrogen-bond acceptors (Lipinski definition) is 3.